The van der Waals surface area contributed by atoms with Gasteiger partial charge in [0.2, 0.25) is 0 Å². The smallest absolute Gasteiger partial charge is 0.134 e. The van der Waals surface area contributed by atoms with Crippen LogP contribution in [0.1, 0.15) is 70.6 Å². The van der Waals surface area contributed by atoms with E-state index in [1.54, 1.807) is 11.8 Å². The maximum Gasteiger partial charge on any atom is 0.134 e. The summed E-state index contributed by atoms with van der Waals surface area (Å²) in [4.78, 5) is 0. The molecule has 0 aromatic carbocycles. The highest BCUT2D eigenvalue weighted by molar-refractivity contribution is 8.23. The van der Waals surface area contributed by atoms with Crippen molar-refractivity contribution in [1.29, 1.82) is 0 Å². The Morgan fingerprint density at radius 3 is 2.45 bits per heavy atom. The number of thiocarbonyl (C=S) groups is 1. The van der Waals surface area contributed by atoms with Crippen LogP contribution in [0.15, 0.2) is 5.16 Å². The summed E-state index contributed by atoms with van der Waals surface area (Å²) in [6.45, 7) is 0. The second-order valence-corrected chi connectivity index (χ2v) is 7.80. The quantitative estimate of drug-likeness (QED) is 0.448. The van der Waals surface area contributed by atoms with E-state index >= 15 is 0 Å². The van der Waals surface area contributed by atoms with Gasteiger partial charge in [0.1, 0.15) is 4.32 Å². The van der Waals surface area contributed by atoms with Crippen LogP contribution in [0, 0.1) is 0 Å². The Balaban J connectivity index is 1.83. The van der Waals surface area contributed by atoms with Gasteiger partial charge >= 0.3 is 0 Å². The van der Waals surface area contributed by atoms with Crippen LogP contribution in [-0.2, 0) is 0 Å². The Bertz CT molecular complexity index is 341. The summed E-state index contributed by atoms with van der Waals surface area (Å²) in [6, 6.07) is 0.562. The number of rotatable bonds is 2. The SMILES string of the molecule is O/N=C1/CCCCCCC1SC(=S)NC1CCCCC1. The molecule has 20 heavy (non-hydrogen) atoms. The van der Waals surface area contributed by atoms with Crippen molar-refractivity contribution in [3.63, 3.8) is 0 Å². The monoisotopic (exact) mass is 314 g/mol. The fourth-order valence-corrected chi connectivity index (χ4v) is 4.73. The highest BCUT2D eigenvalue weighted by Crippen LogP contribution is 2.27. The van der Waals surface area contributed by atoms with E-state index in [1.807, 2.05) is 0 Å². The van der Waals surface area contributed by atoms with Gasteiger partial charge in [0.05, 0.1) is 11.0 Å². The lowest BCUT2D eigenvalue weighted by molar-refractivity contribution is 0.315. The van der Waals surface area contributed by atoms with Crippen molar-refractivity contribution in [3.8, 4) is 0 Å². The third-order valence-electron chi connectivity index (χ3n) is 4.33. The number of thioether (sulfide) groups is 1. The average molecular weight is 315 g/mol. The van der Waals surface area contributed by atoms with E-state index in [-0.39, 0.29) is 5.25 Å². The highest BCUT2D eigenvalue weighted by Gasteiger charge is 2.22. The van der Waals surface area contributed by atoms with E-state index in [4.69, 9.17) is 12.2 Å². The minimum Gasteiger partial charge on any atom is -0.411 e. The highest BCUT2D eigenvalue weighted by atomic mass is 32.2. The van der Waals surface area contributed by atoms with Gasteiger partial charge in [-0.25, -0.2) is 0 Å². The van der Waals surface area contributed by atoms with Crippen molar-refractivity contribution < 1.29 is 5.21 Å². The van der Waals surface area contributed by atoms with Gasteiger partial charge in [0.15, 0.2) is 0 Å². The molecule has 0 aromatic heterocycles. The van der Waals surface area contributed by atoms with E-state index in [9.17, 15) is 5.21 Å². The van der Waals surface area contributed by atoms with E-state index in [2.05, 4.69) is 10.5 Å². The van der Waals surface area contributed by atoms with Crippen molar-refractivity contribution in [2.45, 2.75) is 81.9 Å². The zero-order chi connectivity index (χ0) is 14.2. The van der Waals surface area contributed by atoms with Gasteiger partial charge in [-0.15, -0.1) is 0 Å². The Hall–Kier alpha value is -0.290. The van der Waals surface area contributed by atoms with Gasteiger partial charge in [-0.05, 0) is 32.1 Å². The molecule has 2 saturated carbocycles. The largest absolute Gasteiger partial charge is 0.411 e. The van der Waals surface area contributed by atoms with Crippen LogP contribution in [0.4, 0.5) is 0 Å². The molecule has 0 radical (unpaired) electrons. The zero-order valence-electron chi connectivity index (χ0n) is 12.1. The number of hydrogen-bond acceptors (Lipinski definition) is 4. The Morgan fingerprint density at radius 2 is 1.70 bits per heavy atom. The number of nitrogens with zero attached hydrogens (tertiary/aromatic N) is 1. The molecule has 1 atom stereocenters. The molecule has 2 aliphatic rings. The second-order valence-electron chi connectivity index (χ2n) is 5.92. The number of nitrogens with one attached hydrogen (secondary N) is 1. The molecule has 1 unspecified atom stereocenters. The minimum atomic E-state index is 0.267. The van der Waals surface area contributed by atoms with Crippen molar-refractivity contribution in [1.82, 2.24) is 5.32 Å². The van der Waals surface area contributed by atoms with Gasteiger partial charge < -0.3 is 10.5 Å². The Morgan fingerprint density at radius 1 is 1.05 bits per heavy atom. The molecule has 0 bridgehead atoms. The van der Waals surface area contributed by atoms with Crippen LogP contribution in [-0.4, -0.2) is 26.5 Å². The Kier molecular flexibility index (Phi) is 7.14. The van der Waals surface area contributed by atoms with Gasteiger partial charge in [-0.2, -0.15) is 0 Å². The molecule has 5 heteroatoms. The van der Waals surface area contributed by atoms with Crippen LogP contribution >= 0.6 is 24.0 Å². The summed E-state index contributed by atoms with van der Waals surface area (Å²) in [5.74, 6) is 0. The molecule has 0 heterocycles. The topological polar surface area (TPSA) is 44.6 Å². The lowest BCUT2D eigenvalue weighted by Crippen LogP contribution is -2.35. The molecule has 2 fully saturated rings. The minimum absolute atomic E-state index is 0.267. The fraction of sp³-hybridized carbons (Fsp3) is 0.867. The summed E-state index contributed by atoms with van der Waals surface area (Å²) < 4.78 is 0.892. The van der Waals surface area contributed by atoms with Gasteiger partial charge in [-0.3, -0.25) is 0 Å². The third-order valence-corrected chi connectivity index (χ3v) is 5.86. The maximum absolute atomic E-state index is 9.22. The zero-order valence-corrected chi connectivity index (χ0v) is 13.8. The third kappa shape index (κ3) is 5.24. The lowest BCUT2D eigenvalue weighted by Gasteiger charge is -2.26. The van der Waals surface area contributed by atoms with Crippen LogP contribution < -0.4 is 5.32 Å². The van der Waals surface area contributed by atoms with E-state index < -0.39 is 0 Å². The molecule has 2 N–H and O–H groups in total. The van der Waals surface area contributed by atoms with Crippen LogP contribution in [0.5, 0.6) is 0 Å². The number of oxime groups is 1. The standard InChI is InChI=1S/C15H26N2OS2/c18-17-13-10-6-1-2-7-11-14(13)20-15(19)16-12-8-4-3-5-9-12/h12,14,18H,1-11H2,(H,16,19)/b17-13-. The normalized spacial score (nSPS) is 27.8. The molecule has 0 amide bonds. The van der Waals surface area contributed by atoms with Crippen molar-refractivity contribution in [2.24, 2.45) is 5.16 Å². The second kappa shape index (κ2) is 8.88. The molecule has 2 aliphatic carbocycles. The van der Waals surface area contributed by atoms with Gasteiger partial charge in [0, 0.05) is 6.04 Å². The summed E-state index contributed by atoms with van der Waals surface area (Å²) in [5.41, 5.74) is 0.933. The van der Waals surface area contributed by atoms with Crippen LogP contribution in [0.3, 0.4) is 0 Å². The molecule has 0 saturated heterocycles. The van der Waals surface area contributed by atoms with Crippen LogP contribution in [0.2, 0.25) is 0 Å². The predicted molar refractivity (Wildman–Crippen MR) is 90.9 cm³/mol. The first-order valence-corrected chi connectivity index (χ1v) is 9.26. The molecular weight excluding hydrogens is 288 g/mol. The summed E-state index contributed by atoms with van der Waals surface area (Å²) in [7, 11) is 0. The molecule has 0 spiro atoms. The van der Waals surface area contributed by atoms with Crippen molar-refractivity contribution >= 4 is 34.0 Å². The fourth-order valence-electron chi connectivity index (χ4n) is 3.14. The molecule has 0 aromatic rings. The van der Waals surface area contributed by atoms with Gasteiger partial charge in [0.25, 0.3) is 0 Å². The maximum atomic E-state index is 9.22. The molecule has 114 valence electrons. The summed E-state index contributed by atoms with van der Waals surface area (Å²) >= 11 is 7.21. The first-order valence-electron chi connectivity index (χ1n) is 7.97. The predicted octanol–water partition coefficient (Wildman–Crippen LogP) is 4.48. The van der Waals surface area contributed by atoms with E-state index in [1.165, 1.54) is 51.4 Å². The molecule has 2 rings (SSSR count). The first kappa shape index (κ1) is 16.1. The van der Waals surface area contributed by atoms with Crippen molar-refractivity contribution in [3.05, 3.63) is 0 Å². The first-order chi connectivity index (χ1) is 9.79. The van der Waals surface area contributed by atoms with Crippen molar-refractivity contribution in [2.75, 3.05) is 0 Å². The van der Waals surface area contributed by atoms with Gasteiger partial charge in [-0.1, -0.05) is 67.7 Å². The molecule has 0 aliphatic heterocycles. The Labute approximate surface area is 132 Å². The lowest BCUT2D eigenvalue weighted by atomic mass is 9.96. The van der Waals surface area contributed by atoms with Crippen LogP contribution in [0.25, 0.3) is 0 Å². The van der Waals surface area contributed by atoms with E-state index in [0.717, 1.165) is 29.3 Å². The number of hydrogen-bond donors (Lipinski definition) is 2. The molecular formula is C15H26N2OS2. The summed E-state index contributed by atoms with van der Waals surface area (Å²) in [5, 5.41) is 16.5. The summed E-state index contributed by atoms with van der Waals surface area (Å²) in [6.07, 6.45) is 13.4. The average Bonchev–Trinajstić information content (AvgIpc) is 2.43. The van der Waals surface area contributed by atoms with E-state index in [0.29, 0.717) is 6.04 Å². The molecule has 3 nitrogen and oxygen atoms in total.